The van der Waals surface area contributed by atoms with Gasteiger partial charge in [0.05, 0.1) is 11.9 Å². The van der Waals surface area contributed by atoms with Crippen molar-refractivity contribution in [3.05, 3.63) is 53.1 Å². The first-order valence-electron chi connectivity index (χ1n) is 9.74. The Morgan fingerprint density at radius 1 is 1.19 bits per heavy atom. The van der Waals surface area contributed by atoms with Gasteiger partial charge in [0.2, 0.25) is 15.9 Å². The summed E-state index contributed by atoms with van der Waals surface area (Å²) in [5, 5.41) is 3.51. The normalized spacial score (nSPS) is 14.0. The second-order valence-corrected chi connectivity index (χ2v) is 10.4. The number of nitrogens with one attached hydrogen (secondary N) is 1. The average Bonchev–Trinajstić information content (AvgIpc) is 2.72. The first kappa shape index (κ1) is 23.6. The molecule has 0 aliphatic carbocycles. The van der Waals surface area contributed by atoms with Gasteiger partial charge >= 0.3 is 0 Å². The van der Waals surface area contributed by atoms with Crippen LogP contribution in [0, 0.1) is 0 Å². The van der Waals surface area contributed by atoms with Crippen molar-refractivity contribution in [3.63, 3.8) is 0 Å². The van der Waals surface area contributed by atoms with Gasteiger partial charge in [-0.25, -0.2) is 8.42 Å². The zero-order valence-electron chi connectivity index (χ0n) is 17.3. The van der Waals surface area contributed by atoms with E-state index in [9.17, 15) is 13.2 Å². The number of hydrogen-bond donors (Lipinski definition) is 1. The van der Waals surface area contributed by atoms with Gasteiger partial charge in [-0.05, 0) is 36.8 Å². The molecule has 0 aromatic heterocycles. The van der Waals surface area contributed by atoms with Crippen molar-refractivity contribution in [2.75, 3.05) is 36.1 Å². The third kappa shape index (κ3) is 6.44. The molecular weight excluding hydrogens is 460 g/mol. The largest absolute Gasteiger partial charge is 0.486 e. The number of amides is 1. The third-order valence-corrected chi connectivity index (χ3v) is 7.08. The van der Waals surface area contributed by atoms with E-state index in [0.717, 1.165) is 21.9 Å². The maximum absolute atomic E-state index is 12.7. The van der Waals surface area contributed by atoms with Crippen molar-refractivity contribution in [1.29, 1.82) is 0 Å². The molecule has 1 amide bonds. The fourth-order valence-electron chi connectivity index (χ4n) is 3.19. The first-order chi connectivity index (χ1) is 14.8. The lowest BCUT2D eigenvalue weighted by molar-refractivity contribution is -0.121. The van der Waals surface area contributed by atoms with Gasteiger partial charge in [-0.15, -0.1) is 0 Å². The Bertz CT molecular complexity index is 1030. The molecular formula is C21H25ClN2O5S2. The van der Waals surface area contributed by atoms with Crippen molar-refractivity contribution >= 4 is 45.0 Å². The minimum atomic E-state index is -3.71. The van der Waals surface area contributed by atoms with Gasteiger partial charge in [0.1, 0.15) is 19.3 Å². The molecule has 168 valence electrons. The smallest absolute Gasteiger partial charge is 0.243 e. The van der Waals surface area contributed by atoms with Crippen molar-refractivity contribution < 1.29 is 22.7 Å². The van der Waals surface area contributed by atoms with Crippen LogP contribution in [-0.2, 0) is 20.6 Å². The maximum atomic E-state index is 12.7. The number of halogens is 1. The average molecular weight is 485 g/mol. The lowest BCUT2D eigenvalue weighted by Crippen LogP contribution is -2.48. The molecule has 0 fully saturated rings. The number of rotatable bonds is 9. The monoisotopic (exact) mass is 484 g/mol. The fourth-order valence-corrected chi connectivity index (χ4v) is 5.37. The predicted octanol–water partition coefficient (Wildman–Crippen LogP) is 3.32. The van der Waals surface area contributed by atoms with Gasteiger partial charge in [0.25, 0.3) is 0 Å². The van der Waals surface area contributed by atoms with Crippen LogP contribution in [0.1, 0.15) is 12.5 Å². The van der Waals surface area contributed by atoms with Crippen LogP contribution in [0.15, 0.2) is 42.5 Å². The molecule has 2 aromatic rings. The van der Waals surface area contributed by atoms with Crippen LogP contribution < -0.4 is 19.1 Å². The van der Waals surface area contributed by atoms with Crippen LogP contribution >= 0.6 is 23.4 Å². The zero-order chi connectivity index (χ0) is 22.4. The Morgan fingerprint density at radius 2 is 1.94 bits per heavy atom. The quantitative estimate of drug-likeness (QED) is 0.549. The molecule has 0 saturated carbocycles. The number of thioether (sulfide) groups is 1. The van der Waals surface area contributed by atoms with Crippen molar-refractivity contribution in [1.82, 2.24) is 5.32 Å². The highest BCUT2D eigenvalue weighted by Crippen LogP contribution is 2.35. The highest BCUT2D eigenvalue weighted by atomic mass is 35.5. The van der Waals surface area contributed by atoms with E-state index in [0.29, 0.717) is 47.7 Å². The van der Waals surface area contributed by atoms with Crippen LogP contribution in [-0.4, -0.2) is 52.1 Å². The summed E-state index contributed by atoms with van der Waals surface area (Å²) < 4.78 is 37.1. The van der Waals surface area contributed by atoms with Crippen LogP contribution in [0.25, 0.3) is 0 Å². The van der Waals surface area contributed by atoms with E-state index in [1.807, 2.05) is 24.3 Å². The van der Waals surface area contributed by atoms with Gasteiger partial charge in [-0.2, -0.15) is 11.8 Å². The molecule has 0 radical (unpaired) electrons. The number of fused-ring (bicyclic) bond motifs is 1. The Morgan fingerprint density at radius 3 is 2.65 bits per heavy atom. The van der Waals surface area contributed by atoms with Crippen LogP contribution in [0.5, 0.6) is 11.5 Å². The molecule has 0 spiro atoms. The minimum absolute atomic E-state index is 0.352. The topological polar surface area (TPSA) is 84.9 Å². The van der Waals surface area contributed by atoms with Crippen molar-refractivity contribution in [3.8, 4) is 11.5 Å². The summed E-state index contributed by atoms with van der Waals surface area (Å²) in [6, 6.07) is 11.6. The van der Waals surface area contributed by atoms with E-state index in [1.54, 1.807) is 36.9 Å². The van der Waals surface area contributed by atoms with Gasteiger partial charge < -0.3 is 14.8 Å². The Kier molecular flexibility index (Phi) is 7.96. The molecule has 1 aliphatic rings. The number of ether oxygens (including phenoxy) is 2. The fraction of sp³-hybridized carbons (Fsp3) is 0.381. The molecule has 1 atom stereocenters. The molecule has 3 rings (SSSR count). The van der Waals surface area contributed by atoms with E-state index in [1.165, 1.54) is 0 Å². The number of carbonyl (C=O) groups is 1. The molecule has 1 heterocycles. The summed E-state index contributed by atoms with van der Waals surface area (Å²) in [6.45, 7) is 2.81. The predicted molar refractivity (Wildman–Crippen MR) is 125 cm³/mol. The van der Waals surface area contributed by atoms with Crippen molar-refractivity contribution in [2.45, 2.75) is 18.7 Å². The molecule has 0 bridgehead atoms. The summed E-state index contributed by atoms with van der Waals surface area (Å²) in [5.41, 5.74) is 1.46. The van der Waals surface area contributed by atoms with Gasteiger partial charge in [0.15, 0.2) is 11.5 Å². The van der Waals surface area contributed by atoms with E-state index in [2.05, 4.69) is 5.32 Å². The molecule has 0 unspecified atom stereocenters. The number of carbonyl (C=O) groups excluding carboxylic acids is 1. The molecule has 10 heteroatoms. The summed E-state index contributed by atoms with van der Waals surface area (Å²) in [4.78, 5) is 12.7. The molecule has 0 saturated heterocycles. The van der Waals surface area contributed by atoms with E-state index >= 15 is 0 Å². The minimum Gasteiger partial charge on any atom is -0.486 e. The lowest BCUT2D eigenvalue weighted by atomic mass is 10.2. The lowest BCUT2D eigenvalue weighted by Gasteiger charge is -2.29. The second-order valence-electron chi connectivity index (χ2n) is 7.04. The number of sulfonamides is 1. The highest BCUT2D eigenvalue weighted by molar-refractivity contribution is 7.98. The van der Waals surface area contributed by atoms with Gasteiger partial charge in [-0.1, -0.05) is 23.7 Å². The second kappa shape index (κ2) is 10.5. The van der Waals surface area contributed by atoms with Gasteiger partial charge in [0, 0.05) is 29.1 Å². The first-order valence-corrected chi connectivity index (χ1v) is 13.1. The maximum Gasteiger partial charge on any atom is 0.243 e. The molecule has 1 aliphatic heterocycles. The molecule has 1 N–H and O–H groups in total. The Balaban J connectivity index is 1.58. The van der Waals surface area contributed by atoms with Crippen LogP contribution in [0.3, 0.4) is 0 Å². The van der Waals surface area contributed by atoms with Crippen molar-refractivity contribution in [2.24, 2.45) is 0 Å². The summed E-state index contributed by atoms with van der Waals surface area (Å²) >= 11 is 7.64. The Hall–Kier alpha value is -2.10. The van der Waals surface area contributed by atoms with Crippen LogP contribution in [0.2, 0.25) is 5.02 Å². The number of nitrogens with zero attached hydrogens (tertiary/aromatic N) is 1. The van der Waals surface area contributed by atoms with E-state index in [4.69, 9.17) is 21.1 Å². The summed E-state index contributed by atoms with van der Waals surface area (Å²) in [7, 11) is -3.71. The van der Waals surface area contributed by atoms with E-state index in [-0.39, 0.29) is 5.91 Å². The summed E-state index contributed by atoms with van der Waals surface area (Å²) in [6.07, 6.45) is 1.08. The van der Waals surface area contributed by atoms with Crippen LogP contribution in [0.4, 0.5) is 5.69 Å². The van der Waals surface area contributed by atoms with E-state index < -0.39 is 16.1 Å². The third-order valence-electron chi connectivity index (χ3n) is 4.57. The Labute approximate surface area is 192 Å². The zero-order valence-corrected chi connectivity index (χ0v) is 19.7. The number of benzene rings is 2. The SMILES string of the molecule is C[C@H](C(=O)NCCSCc1cccc(Cl)c1)N(c1ccc2c(c1)OCCO2)S(C)(=O)=O. The summed E-state index contributed by atoms with van der Waals surface area (Å²) in [5.74, 6) is 2.11. The molecule has 31 heavy (non-hydrogen) atoms. The number of anilines is 1. The standard InChI is InChI=1S/C21H25ClN2O5S2/c1-15(21(25)23-8-11-30-14-16-4-3-5-17(22)12-16)24(31(2,26)27)18-6-7-19-20(13-18)29-10-9-28-19/h3-7,12-13,15H,8-11,14H2,1-2H3,(H,23,25)/t15-/m1/s1. The van der Waals surface area contributed by atoms with Gasteiger partial charge in [-0.3, -0.25) is 9.10 Å². The molecule has 2 aromatic carbocycles. The number of hydrogen-bond acceptors (Lipinski definition) is 6. The molecule has 7 nitrogen and oxygen atoms in total. The highest BCUT2D eigenvalue weighted by Gasteiger charge is 2.30.